The van der Waals surface area contributed by atoms with Crippen molar-refractivity contribution in [3.8, 4) is 0 Å². The van der Waals surface area contributed by atoms with Crippen molar-refractivity contribution in [3.63, 3.8) is 0 Å². The van der Waals surface area contributed by atoms with Gasteiger partial charge in [-0.3, -0.25) is 4.79 Å². The fourth-order valence-electron chi connectivity index (χ4n) is 2.97. The van der Waals surface area contributed by atoms with Crippen molar-refractivity contribution >= 4 is 27.3 Å². The first kappa shape index (κ1) is 11.9. The molecule has 4 rings (SSSR count). The van der Waals surface area contributed by atoms with Crippen LogP contribution >= 0.6 is 0 Å². The summed E-state index contributed by atoms with van der Waals surface area (Å²) in [6.45, 7) is 0. The van der Waals surface area contributed by atoms with E-state index in [1.165, 1.54) is 0 Å². The summed E-state index contributed by atoms with van der Waals surface area (Å²) in [5.74, 6) is 0.0456. The predicted octanol–water partition coefficient (Wildman–Crippen LogP) is 3.22. The summed E-state index contributed by atoms with van der Waals surface area (Å²) in [5, 5.41) is 14.4. The smallest absolute Gasteiger partial charge is 0.198 e. The molecule has 0 aliphatic heterocycles. The van der Waals surface area contributed by atoms with Crippen molar-refractivity contribution in [2.45, 2.75) is 0 Å². The Bertz CT molecular complexity index is 1040. The molecule has 21 heavy (non-hydrogen) atoms. The molecule has 1 N–H and O–H groups in total. The molecule has 100 valence electrons. The predicted molar refractivity (Wildman–Crippen MR) is 85.7 cm³/mol. The van der Waals surface area contributed by atoms with Crippen LogP contribution in [0.1, 0.15) is 5.56 Å². The molecule has 0 aliphatic rings. The van der Waals surface area contributed by atoms with Crippen molar-refractivity contribution in [2.24, 2.45) is 0 Å². The van der Waals surface area contributed by atoms with Gasteiger partial charge < -0.3 is 5.11 Å². The van der Waals surface area contributed by atoms with E-state index >= 15 is 0 Å². The first-order chi connectivity index (χ1) is 10.3. The molecule has 0 radical (unpaired) electrons. The van der Waals surface area contributed by atoms with E-state index in [0.29, 0.717) is 16.2 Å². The van der Waals surface area contributed by atoms with Gasteiger partial charge in [0.1, 0.15) is 5.76 Å². The van der Waals surface area contributed by atoms with Crippen LogP contribution in [0.5, 0.6) is 0 Å². The zero-order valence-corrected chi connectivity index (χ0v) is 11.2. The van der Waals surface area contributed by atoms with E-state index in [9.17, 15) is 9.90 Å². The number of aliphatic hydroxyl groups is 1. The van der Waals surface area contributed by atoms with Crippen LogP contribution in [-0.4, -0.2) is 5.11 Å². The Morgan fingerprint density at radius 1 is 0.762 bits per heavy atom. The molecule has 0 unspecified atom stereocenters. The Morgan fingerprint density at radius 3 is 2.14 bits per heavy atom. The minimum atomic E-state index is -0.108. The monoisotopic (exact) mass is 272 g/mol. The molecule has 0 heterocycles. The molecule has 2 heteroatoms. The largest absolute Gasteiger partial charge is 0.507 e. The first-order valence-electron chi connectivity index (χ1n) is 6.83. The molecule has 4 aromatic carbocycles. The van der Waals surface area contributed by atoms with Crippen molar-refractivity contribution in [1.82, 2.24) is 0 Å². The molecule has 2 nitrogen and oxygen atoms in total. The molecule has 0 saturated carbocycles. The second-order valence-corrected chi connectivity index (χ2v) is 5.13. The SMILES string of the molecule is O=c1/c(=C(\O)c2ccccc2)c2cccc3cccc1c32. The molecule has 4 aromatic rings. The van der Waals surface area contributed by atoms with Gasteiger partial charge in [0.15, 0.2) is 5.43 Å². The highest BCUT2D eigenvalue weighted by molar-refractivity contribution is 6.12. The number of benzene rings is 3. The summed E-state index contributed by atoms with van der Waals surface area (Å²) >= 11 is 0. The van der Waals surface area contributed by atoms with Crippen molar-refractivity contribution in [2.75, 3.05) is 0 Å². The highest BCUT2D eigenvalue weighted by atomic mass is 16.3. The third kappa shape index (κ3) is 1.62. The zero-order valence-electron chi connectivity index (χ0n) is 11.2. The van der Waals surface area contributed by atoms with Gasteiger partial charge in [-0.05, 0) is 10.8 Å². The Balaban J connectivity index is 2.28. The lowest BCUT2D eigenvalue weighted by molar-refractivity contribution is 0.508. The molecule has 0 saturated heterocycles. The summed E-state index contributed by atoms with van der Waals surface area (Å²) < 4.78 is 0. The van der Waals surface area contributed by atoms with Gasteiger partial charge in [-0.2, -0.15) is 0 Å². The number of hydrogen-bond donors (Lipinski definition) is 1. The van der Waals surface area contributed by atoms with Gasteiger partial charge in [-0.1, -0.05) is 66.7 Å². The molecular formula is C19H12O2. The summed E-state index contributed by atoms with van der Waals surface area (Å²) in [4.78, 5) is 12.7. The molecule has 0 spiro atoms. The van der Waals surface area contributed by atoms with E-state index in [1.807, 2.05) is 54.6 Å². The van der Waals surface area contributed by atoms with Gasteiger partial charge in [-0.15, -0.1) is 0 Å². The van der Waals surface area contributed by atoms with Gasteiger partial charge in [-0.25, -0.2) is 0 Å². The Morgan fingerprint density at radius 2 is 1.43 bits per heavy atom. The van der Waals surface area contributed by atoms with E-state index in [2.05, 4.69) is 0 Å². The maximum absolute atomic E-state index is 12.7. The maximum Gasteiger partial charge on any atom is 0.198 e. The average Bonchev–Trinajstić information content (AvgIpc) is 2.83. The fraction of sp³-hybridized carbons (Fsp3) is 0. The highest BCUT2D eigenvalue weighted by Crippen LogP contribution is 2.23. The van der Waals surface area contributed by atoms with Crippen LogP contribution in [0.15, 0.2) is 71.5 Å². The van der Waals surface area contributed by atoms with Crippen LogP contribution in [-0.2, 0) is 0 Å². The van der Waals surface area contributed by atoms with Gasteiger partial charge in [0, 0.05) is 16.3 Å². The third-order valence-corrected chi connectivity index (χ3v) is 3.93. The van der Waals surface area contributed by atoms with Gasteiger partial charge >= 0.3 is 0 Å². The molecule has 0 amide bonds. The van der Waals surface area contributed by atoms with Crippen molar-refractivity contribution < 1.29 is 5.11 Å². The van der Waals surface area contributed by atoms with E-state index in [1.54, 1.807) is 12.1 Å². The second kappa shape index (κ2) is 4.32. The fourth-order valence-corrected chi connectivity index (χ4v) is 2.97. The van der Waals surface area contributed by atoms with E-state index in [-0.39, 0.29) is 11.2 Å². The average molecular weight is 272 g/mol. The topological polar surface area (TPSA) is 37.3 Å². The lowest BCUT2D eigenvalue weighted by Crippen LogP contribution is -2.23. The summed E-state index contributed by atoms with van der Waals surface area (Å²) in [7, 11) is 0. The van der Waals surface area contributed by atoms with Crippen LogP contribution in [0.2, 0.25) is 0 Å². The van der Waals surface area contributed by atoms with Crippen LogP contribution in [0, 0.1) is 0 Å². The standard InChI is InChI=1S/C19H12O2/c20-18(13-6-2-1-3-7-13)17-14-10-4-8-12-9-5-11-15(16(12)14)19(17)21/h1-11,20H/b18-17-. The molecule has 0 atom stereocenters. The minimum Gasteiger partial charge on any atom is -0.507 e. The maximum atomic E-state index is 12.7. The van der Waals surface area contributed by atoms with Gasteiger partial charge in [0.25, 0.3) is 0 Å². The lowest BCUT2D eigenvalue weighted by Gasteiger charge is -1.99. The minimum absolute atomic E-state index is 0.0456. The van der Waals surface area contributed by atoms with Gasteiger partial charge in [0.2, 0.25) is 0 Å². The van der Waals surface area contributed by atoms with Crippen LogP contribution in [0.4, 0.5) is 0 Å². The third-order valence-electron chi connectivity index (χ3n) is 3.93. The van der Waals surface area contributed by atoms with Crippen LogP contribution in [0.3, 0.4) is 0 Å². The van der Waals surface area contributed by atoms with Crippen LogP contribution in [0.25, 0.3) is 27.3 Å². The quantitative estimate of drug-likeness (QED) is 0.577. The van der Waals surface area contributed by atoms with E-state index in [0.717, 1.165) is 16.2 Å². The summed E-state index contributed by atoms with van der Waals surface area (Å²) in [5.41, 5.74) is 0.550. The van der Waals surface area contributed by atoms with Crippen LogP contribution < -0.4 is 10.6 Å². The normalized spacial score (nSPS) is 13.0. The van der Waals surface area contributed by atoms with E-state index < -0.39 is 0 Å². The molecule has 0 aliphatic carbocycles. The van der Waals surface area contributed by atoms with Gasteiger partial charge in [0.05, 0.1) is 5.22 Å². The molecule has 0 fully saturated rings. The second-order valence-electron chi connectivity index (χ2n) is 5.13. The number of hydrogen-bond acceptors (Lipinski definition) is 2. The highest BCUT2D eigenvalue weighted by Gasteiger charge is 2.14. The summed E-state index contributed by atoms with van der Waals surface area (Å²) in [6, 6.07) is 20.7. The Kier molecular flexibility index (Phi) is 2.45. The Labute approximate surface area is 120 Å². The lowest BCUT2D eigenvalue weighted by atomic mass is 10.1. The first-order valence-corrected chi connectivity index (χ1v) is 6.83. The van der Waals surface area contributed by atoms with E-state index in [4.69, 9.17) is 0 Å². The molecular weight excluding hydrogens is 260 g/mol. The summed E-state index contributed by atoms with van der Waals surface area (Å²) in [6.07, 6.45) is 0. The zero-order chi connectivity index (χ0) is 14.4. The number of rotatable bonds is 1. The number of aliphatic hydroxyl groups excluding tert-OH is 1. The van der Waals surface area contributed by atoms with Crippen molar-refractivity contribution in [1.29, 1.82) is 0 Å². The molecule has 0 aromatic heterocycles. The van der Waals surface area contributed by atoms with Crippen molar-refractivity contribution in [3.05, 3.63) is 87.7 Å². The Hall–Kier alpha value is -2.87. The molecule has 0 bridgehead atoms.